The number of esters is 5. The number of ether oxygens (including phenoxy) is 8. The summed E-state index contributed by atoms with van der Waals surface area (Å²) in [6, 6.07) is 48.8. The lowest BCUT2D eigenvalue weighted by Gasteiger charge is -2.48. The number of hydrogen-bond acceptors (Lipinski definition) is 16. The molecule has 0 spiro atoms. The lowest BCUT2D eigenvalue weighted by Crippen LogP contribution is -2.66. The molecule has 0 bridgehead atoms. The molecule has 0 amide bonds. The second-order valence-corrected chi connectivity index (χ2v) is 16.9. The van der Waals surface area contributed by atoms with E-state index in [2.05, 4.69) is 0 Å². The molecule has 15 nitrogen and oxygen atoms in total. The SMILES string of the molecule is O=C(OCC1OC(Sc2ccccc2)C(OC(=O)c2ccccc2)C(OC(=O)c2ccccc2)C1OC1OC(CO)C(O)C(OC(=O)c2ccccc2)C1OC(=O)c1ccccc1)c1ccccc1. The van der Waals surface area contributed by atoms with Crippen LogP contribution in [0.4, 0.5) is 0 Å². The Labute approximate surface area is 400 Å². The van der Waals surface area contributed by atoms with Crippen LogP contribution < -0.4 is 0 Å². The molecular weight excluding hydrogens is 909 g/mol. The summed E-state index contributed by atoms with van der Waals surface area (Å²) in [7, 11) is 0. The molecule has 6 aromatic carbocycles. The van der Waals surface area contributed by atoms with E-state index in [1.807, 2.05) is 6.07 Å². The van der Waals surface area contributed by atoms with Crippen molar-refractivity contribution in [3.05, 3.63) is 210 Å². The van der Waals surface area contributed by atoms with Crippen molar-refractivity contribution >= 4 is 41.6 Å². The van der Waals surface area contributed by atoms with Crippen molar-refractivity contribution in [1.82, 2.24) is 0 Å². The van der Waals surface area contributed by atoms with Crippen molar-refractivity contribution in [2.75, 3.05) is 13.2 Å². The molecule has 2 aliphatic heterocycles. The van der Waals surface area contributed by atoms with Crippen molar-refractivity contribution < 1.29 is 72.1 Å². The van der Waals surface area contributed by atoms with E-state index in [4.69, 9.17) is 37.9 Å². The average molecular weight is 955 g/mol. The molecular formula is C53H46O15S. The van der Waals surface area contributed by atoms with E-state index >= 15 is 0 Å². The maximum absolute atomic E-state index is 14.3. The number of aliphatic hydroxyl groups is 2. The van der Waals surface area contributed by atoms with Crippen LogP contribution in [-0.4, -0.2) is 114 Å². The number of benzene rings is 6. The molecule has 2 N–H and O–H groups in total. The maximum Gasteiger partial charge on any atom is 0.338 e. The third-order valence-electron chi connectivity index (χ3n) is 11.1. The fraction of sp³-hybridized carbons (Fsp3) is 0.226. The van der Waals surface area contributed by atoms with Gasteiger partial charge in [-0.15, -0.1) is 0 Å². The lowest BCUT2D eigenvalue weighted by atomic mass is 9.96. The lowest BCUT2D eigenvalue weighted by molar-refractivity contribution is -0.335. The summed E-state index contributed by atoms with van der Waals surface area (Å²) in [6.45, 7) is -1.42. The number of thioether (sulfide) groups is 1. The Morgan fingerprint density at radius 1 is 0.435 bits per heavy atom. The smallest absolute Gasteiger partial charge is 0.338 e. The van der Waals surface area contributed by atoms with Crippen LogP contribution in [-0.2, 0) is 37.9 Å². The van der Waals surface area contributed by atoms with Gasteiger partial charge in [0.15, 0.2) is 30.7 Å². The standard InChI is InChI=1S/C53H46O15S/c54-31-39-41(55)43(64-48(57)34-21-9-2-10-22-34)45(66-50(59)36-25-13-4-14-26-36)52(62-39)68-42-40(32-61-47(56)33-19-7-1-8-20-33)63-53(69-38-29-17-6-18-30-38)46(67-51(60)37-27-15-5-16-28-37)44(42)65-49(58)35-23-11-3-12-24-35/h1-30,39-46,52-55H,31-32H2. The fourth-order valence-electron chi connectivity index (χ4n) is 7.61. The minimum absolute atomic E-state index is 0.0678. The topological polar surface area (TPSA) is 200 Å². The summed E-state index contributed by atoms with van der Waals surface area (Å²) in [6.07, 6.45) is -15.0. The maximum atomic E-state index is 14.3. The van der Waals surface area contributed by atoms with Gasteiger partial charge in [-0.1, -0.05) is 121 Å². The van der Waals surface area contributed by atoms with E-state index in [-0.39, 0.29) is 27.8 Å². The number of rotatable bonds is 16. The molecule has 354 valence electrons. The van der Waals surface area contributed by atoms with E-state index in [9.17, 15) is 34.2 Å². The Hall–Kier alpha value is -7.18. The van der Waals surface area contributed by atoms with Gasteiger partial charge in [-0.2, -0.15) is 0 Å². The molecule has 2 aliphatic rings. The van der Waals surface area contributed by atoms with Gasteiger partial charge in [-0.05, 0) is 72.8 Å². The average Bonchev–Trinajstić information content (AvgIpc) is 3.40. The largest absolute Gasteiger partial charge is 0.459 e. The quantitative estimate of drug-likeness (QED) is 0.0764. The highest BCUT2D eigenvalue weighted by Gasteiger charge is 2.57. The molecule has 6 aromatic rings. The second kappa shape index (κ2) is 23.2. The van der Waals surface area contributed by atoms with Gasteiger partial charge < -0.3 is 48.1 Å². The molecule has 8 rings (SSSR count). The van der Waals surface area contributed by atoms with Gasteiger partial charge in [-0.3, -0.25) is 0 Å². The summed E-state index contributed by atoms with van der Waals surface area (Å²) in [5.41, 5.74) is -0.583. The van der Waals surface area contributed by atoms with E-state index in [0.29, 0.717) is 4.90 Å². The minimum atomic E-state index is -1.88. The molecule has 69 heavy (non-hydrogen) atoms. The molecule has 10 atom stereocenters. The molecule has 0 saturated carbocycles. The van der Waals surface area contributed by atoms with Crippen molar-refractivity contribution in [2.24, 2.45) is 0 Å². The molecule has 10 unspecified atom stereocenters. The van der Waals surface area contributed by atoms with Crippen molar-refractivity contribution in [3.63, 3.8) is 0 Å². The predicted molar refractivity (Wildman–Crippen MR) is 247 cm³/mol. The highest BCUT2D eigenvalue weighted by Crippen LogP contribution is 2.40. The Morgan fingerprint density at radius 3 is 1.25 bits per heavy atom. The third kappa shape index (κ3) is 12.1. The van der Waals surface area contributed by atoms with Crippen LogP contribution in [0.3, 0.4) is 0 Å². The molecule has 2 saturated heterocycles. The summed E-state index contributed by atoms with van der Waals surface area (Å²) >= 11 is 1.12. The first-order chi connectivity index (χ1) is 33.7. The van der Waals surface area contributed by atoms with Gasteiger partial charge in [0, 0.05) is 4.90 Å². The van der Waals surface area contributed by atoms with E-state index in [1.165, 1.54) is 48.5 Å². The van der Waals surface area contributed by atoms with Crippen LogP contribution in [0, 0.1) is 0 Å². The zero-order valence-corrected chi connectivity index (χ0v) is 37.4. The molecule has 2 heterocycles. The molecule has 0 radical (unpaired) electrons. The Morgan fingerprint density at radius 2 is 0.812 bits per heavy atom. The highest BCUT2D eigenvalue weighted by molar-refractivity contribution is 7.99. The predicted octanol–water partition coefficient (Wildman–Crippen LogP) is 6.73. The monoisotopic (exact) mass is 954 g/mol. The molecule has 2 fully saturated rings. The zero-order chi connectivity index (χ0) is 48.1. The molecule has 16 heteroatoms. The van der Waals surface area contributed by atoms with Crippen molar-refractivity contribution in [3.8, 4) is 0 Å². The third-order valence-corrected chi connectivity index (χ3v) is 12.2. The van der Waals surface area contributed by atoms with Crippen LogP contribution >= 0.6 is 11.8 Å². The minimum Gasteiger partial charge on any atom is -0.459 e. The fourth-order valence-corrected chi connectivity index (χ4v) is 8.73. The van der Waals surface area contributed by atoms with E-state index in [0.717, 1.165) is 11.8 Å². The summed E-state index contributed by atoms with van der Waals surface area (Å²) < 4.78 is 50.2. The van der Waals surface area contributed by atoms with Gasteiger partial charge in [0.1, 0.15) is 36.5 Å². The summed E-state index contributed by atoms with van der Waals surface area (Å²) in [5.74, 6) is -4.32. The normalized spacial score (nSPS) is 24.2. The van der Waals surface area contributed by atoms with Crippen LogP contribution in [0.1, 0.15) is 51.8 Å². The van der Waals surface area contributed by atoms with E-state index < -0.39 is 104 Å². The van der Waals surface area contributed by atoms with Crippen LogP contribution in [0.5, 0.6) is 0 Å². The molecule has 0 aliphatic carbocycles. The Kier molecular flexibility index (Phi) is 16.2. The van der Waals surface area contributed by atoms with Gasteiger partial charge in [0.25, 0.3) is 0 Å². The number of aliphatic hydroxyl groups excluding tert-OH is 2. The van der Waals surface area contributed by atoms with Gasteiger partial charge in [-0.25, -0.2) is 24.0 Å². The second-order valence-electron chi connectivity index (χ2n) is 15.7. The van der Waals surface area contributed by atoms with Crippen LogP contribution in [0.25, 0.3) is 0 Å². The Balaban J connectivity index is 1.24. The highest BCUT2D eigenvalue weighted by atomic mass is 32.2. The van der Waals surface area contributed by atoms with Crippen molar-refractivity contribution in [1.29, 1.82) is 0 Å². The first kappa shape index (κ1) is 48.3. The number of carbonyl (C=O) groups excluding carboxylic acids is 5. The number of hydrogen-bond donors (Lipinski definition) is 2. The summed E-state index contributed by atoms with van der Waals surface area (Å²) in [4.78, 5) is 70.4. The van der Waals surface area contributed by atoms with Crippen molar-refractivity contribution in [2.45, 2.75) is 65.5 Å². The summed E-state index contributed by atoms with van der Waals surface area (Å²) in [5, 5.41) is 22.3. The van der Waals surface area contributed by atoms with Crippen LogP contribution in [0.2, 0.25) is 0 Å². The Bertz CT molecular complexity index is 2630. The molecule has 0 aromatic heterocycles. The number of carbonyl (C=O) groups is 5. The van der Waals surface area contributed by atoms with E-state index in [1.54, 1.807) is 127 Å². The first-order valence-corrected chi connectivity index (χ1v) is 22.8. The van der Waals surface area contributed by atoms with Gasteiger partial charge in [0.05, 0.1) is 34.4 Å². The zero-order valence-electron chi connectivity index (χ0n) is 36.6. The van der Waals surface area contributed by atoms with Crippen LogP contribution in [0.15, 0.2) is 187 Å². The first-order valence-electron chi connectivity index (χ1n) is 21.9. The van der Waals surface area contributed by atoms with Gasteiger partial charge in [0.2, 0.25) is 0 Å². The van der Waals surface area contributed by atoms with Gasteiger partial charge >= 0.3 is 29.8 Å².